The minimum atomic E-state index is -0.351. The monoisotopic (exact) mass is 328 g/mol. The van der Waals surface area contributed by atoms with E-state index in [9.17, 15) is 9.59 Å². The van der Waals surface area contributed by atoms with Gasteiger partial charge in [0.2, 0.25) is 5.91 Å². The summed E-state index contributed by atoms with van der Waals surface area (Å²) in [6.45, 7) is 2.73. The number of hydrogen-bond donors (Lipinski definition) is 1. The van der Waals surface area contributed by atoms with E-state index in [1.165, 1.54) is 7.11 Å². The number of para-hydroxylation sites is 1. The van der Waals surface area contributed by atoms with E-state index in [1.807, 2.05) is 25.1 Å². The van der Waals surface area contributed by atoms with Crippen LogP contribution < -0.4 is 5.32 Å². The van der Waals surface area contributed by atoms with Crippen molar-refractivity contribution >= 4 is 33.5 Å². The Morgan fingerprint density at radius 2 is 2.00 bits per heavy atom. The molecule has 0 saturated heterocycles. The molecule has 1 aromatic rings. The van der Waals surface area contributed by atoms with Crippen LogP contribution in [0.2, 0.25) is 0 Å². The Balaban J connectivity index is 2.54. The first-order valence-corrected chi connectivity index (χ1v) is 6.69. The third-order valence-electron chi connectivity index (χ3n) is 2.54. The Labute approximate surface area is 121 Å². The summed E-state index contributed by atoms with van der Waals surface area (Å²) in [4.78, 5) is 24.8. The lowest BCUT2D eigenvalue weighted by Crippen LogP contribution is -2.37. The van der Waals surface area contributed by atoms with Gasteiger partial charge < -0.3 is 10.1 Å². The van der Waals surface area contributed by atoms with Crippen LogP contribution >= 0.6 is 15.9 Å². The topological polar surface area (TPSA) is 58.6 Å². The third-order valence-corrected chi connectivity index (χ3v) is 3.23. The number of anilines is 1. The van der Waals surface area contributed by atoms with Crippen LogP contribution in [-0.4, -0.2) is 43.5 Å². The molecule has 19 heavy (non-hydrogen) atoms. The molecule has 0 bridgehead atoms. The van der Waals surface area contributed by atoms with Gasteiger partial charge in [0.05, 0.1) is 25.9 Å². The number of carbonyl (C=O) groups excluding carboxylic acids is 2. The third kappa shape index (κ3) is 5.40. The Hall–Kier alpha value is -1.40. The summed E-state index contributed by atoms with van der Waals surface area (Å²) >= 11 is 3.36. The molecule has 1 rings (SSSR count). The quantitative estimate of drug-likeness (QED) is 0.810. The van der Waals surface area contributed by atoms with Crippen molar-refractivity contribution < 1.29 is 14.3 Å². The number of methoxy groups -OCH3 is 1. The van der Waals surface area contributed by atoms with Gasteiger partial charge in [-0.2, -0.15) is 0 Å². The number of hydrogen-bond acceptors (Lipinski definition) is 4. The van der Waals surface area contributed by atoms with Crippen molar-refractivity contribution in [2.24, 2.45) is 0 Å². The molecule has 6 heteroatoms. The first-order valence-electron chi connectivity index (χ1n) is 5.90. The molecule has 0 aliphatic carbocycles. The largest absolute Gasteiger partial charge is 0.468 e. The van der Waals surface area contributed by atoms with Gasteiger partial charge in [-0.25, -0.2) is 0 Å². The molecule has 1 aromatic carbocycles. The smallest absolute Gasteiger partial charge is 0.319 e. The molecule has 0 spiro atoms. The molecular formula is C13H17BrN2O3. The van der Waals surface area contributed by atoms with Crippen LogP contribution in [0.4, 0.5) is 5.69 Å². The molecule has 0 saturated carbocycles. The highest BCUT2D eigenvalue weighted by molar-refractivity contribution is 9.10. The molecule has 0 aliphatic heterocycles. The van der Waals surface area contributed by atoms with Crippen molar-refractivity contribution in [1.82, 2.24) is 4.90 Å². The lowest BCUT2D eigenvalue weighted by atomic mass is 10.3. The van der Waals surface area contributed by atoms with Gasteiger partial charge in [0.15, 0.2) is 0 Å². The number of likely N-dealkylation sites (N-methyl/N-ethyl adjacent to an activating group) is 1. The highest BCUT2D eigenvalue weighted by atomic mass is 79.9. The molecule has 0 radical (unpaired) electrons. The van der Waals surface area contributed by atoms with Crippen molar-refractivity contribution in [1.29, 1.82) is 0 Å². The summed E-state index contributed by atoms with van der Waals surface area (Å²) in [5, 5.41) is 2.79. The SMILES string of the molecule is CCN(CC(=O)Nc1ccccc1Br)CC(=O)OC. The molecule has 0 heterocycles. The van der Waals surface area contributed by atoms with Gasteiger partial charge >= 0.3 is 5.97 Å². The highest BCUT2D eigenvalue weighted by Crippen LogP contribution is 2.20. The van der Waals surface area contributed by atoms with Crippen LogP contribution in [0.15, 0.2) is 28.7 Å². The summed E-state index contributed by atoms with van der Waals surface area (Å²) in [6, 6.07) is 7.36. The second kappa shape index (κ2) is 7.91. The van der Waals surface area contributed by atoms with E-state index in [-0.39, 0.29) is 25.0 Å². The van der Waals surface area contributed by atoms with Crippen molar-refractivity contribution in [3.8, 4) is 0 Å². The predicted molar refractivity (Wildman–Crippen MR) is 76.9 cm³/mol. The number of nitrogens with one attached hydrogen (secondary N) is 1. The van der Waals surface area contributed by atoms with Crippen molar-refractivity contribution in [3.63, 3.8) is 0 Å². The summed E-state index contributed by atoms with van der Waals surface area (Å²) in [6.07, 6.45) is 0. The van der Waals surface area contributed by atoms with Gasteiger partial charge in [-0.05, 0) is 34.6 Å². The molecule has 1 amide bonds. The number of esters is 1. The van der Waals surface area contributed by atoms with Crippen LogP contribution in [0.1, 0.15) is 6.92 Å². The van der Waals surface area contributed by atoms with Gasteiger partial charge in [0.1, 0.15) is 0 Å². The maximum absolute atomic E-state index is 11.9. The molecule has 0 atom stereocenters. The van der Waals surface area contributed by atoms with Gasteiger partial charge in [-0.3, -0.25) is 14.5 Å². The Morgan fingerprint density at radius 3 is 2.58 bits per heavy atom. The Bertz CT molecular complexity index is 451. The molecule has 0 aliphatic rings. The number of halogens is 1. The summed E-state index contributed by atoms with van der Waals surface area (Å²) in [5.74, 6) is -0.520. The molecule has 0 fully saturated rings. The Kier molecular flexibility index (Phi) is 6.52. The number of amides is 1. The van der Waals surface area contributed by atoms with E-state index < -0.39 is 0 Å². The fourth-order valence-electron chi connectivity index (χ4n) is 1.48. The van der Waals surface area contributed by atoms with Gasteiger partial charge in [0, 0.05) is 4.47 Å². The Morgan fingerprint density at radius 1 is 1.32 bits per heavy atom. The summed E-state index contributed by atoms with van der Waals surface area (Å²) in [7, 11) is 1.33. The van der Waals surface area contributed by atoms with E-state index in [4.69, 9.17) is 0 Å². The van der Waals surface area contributed by atoms with E-state index in [0.717, 1.165) is 4.47 Å². The maximum atomic E-state index is 11.9. The highest BCUT2D eigenvalue weighted by Gasteiger charge is 2.13. The lowest BCUT2D eigenvalue weighted by molar-refractivity contribution is -0.142. The second-order valence-corrected chi connectivity index (χ2v) is 4.76. The summed E-state index contributed by atoms with van der Waals surface area (Å²) in [5.41, 5.74) is 0.710. The first-order chi connectivity index (χ1) is 9.06. The van der Waals surface area contributed by atoms with Gasteiger partial charge in [-0.15, -0.1) is 0 Å². The van der Waals surface area contributed by atoms with Crippen LogP contribution in [0.25, 0.3) is 0 Å². The number of benzene rings is 1. The fourth-order valence-corrected chi connectivity index (χ4v) is 1.87. The first kappa shape index (κ1) is 15.7. The zero-order chi connectivity index (χ0) is 14.3. The predicted octanol–water partition coefficient (Wildman–Crippen LogP) is 1.88. The zero-order valence-electron chi connectivity index (χ0n) is 11.0. The summed E-state index contributed by atoms with van der Waals surface area (Å²) < 4.78 is 5.40. The molecular weight excluding hydrogens is 312 g/mol. The maximum Gasteiger partial charge on any atom is 0.319 e. The van der Waals surface area contributed by atoms with Crippen LogP contribution in [0, 0.1) is 0 Å². The number of ether oxygens (including phenoxy) is 1. The molecule has 1 N–H and O–H groups in total. The molecule has 0 unspecified atom stereocenters. The lowest BCUT2D eigenvalue weighted by Gasteiger charge is -2.18. The van der Waals surface area contributed by atoms with Gasteiger partial charge in [0.25, 0.3) is 0 Å². The van der Waals surface area contributed by atoms with Crippen LogP contribution in [0.5, 0.6) is 0 Å². The number of carbonyl (C=O) groups is 2. The van der Waals surface area contributed by atoms with Gasteiger partial charge in [-0.1, -0.05) is 19.1 Å². The van der Waals surface area contributed by atoms with E-state index in [0.29, 0.717) is 12.2 Å². The molecule has 104 valence electrons. The van der Waals surface area contributed by atoms with E-state index in [1.54, 1.807) is 11.0 Å². The van der Waals surface area contributed by atoms with Crippen molar-refractivity contribution in [2.45, 2.75) is 6.92 Å². The molecule has 0 aromatic heterocycles. The fraction of sp³-hybridized carbons (Fsp3) is 0.385. The van der Waals surface area contributed by atoms with Crippen molar-refractivity contribution in [3.05, 3.63) is 28.7 Å². The normalized spacial score (nSPS) is 10.3. The zero-order valence-corrected chi connectivity index (χ0v) is 12.6. The van der Waals surface area contributed by atoms with Crippen LogP contribution in [-0.2, 0) is 14.3 Å². The second-order valence-electron chi connectivity index (χ2n) is 3.91. The minimum Gasteiger partial charge on any atom is -0.468 e. The average molecular weight is 329 g/mol. The minimum absolute atomic E-state index is 0.108. The van der Waals surface area contributed by atoms with E-state index in [2.05, 4.69) is 26.0 Å². The standard InChI is InChI=1S/C13H17BrN2O3/c1-3-16(9-13(18)19-2)8-12(17)15-11-7-5-4-6-10(11)14/h4-7H,3,8-9H2,1-2H3,(H,15,17). The number of nitrogens with zero attached hydrogens (tertiary/aromatic N) is 1. The van der Waals surface area contributed by atoms with Crippen LogP contribution in [0.3, 0.4) is 0 Å². The van der Waals surface area contributed by atoms with Crippen molar-refractivity contribution in [2.75, 3.05) is 32.1 Å². The average Bonchev–Trinajstić information content (AvgIpc) is 2.40. The number of rotatable bonds is 6. The molecule has 5 nitrogen and oxygen atoms in total. The van der Waals surface area contributed by atoms with E-state index >= 15 is 0 Å².